The third-order valence-electron chi connectivity index (χ3n) is 5.79. The van der Waals surface area contributed by atoms with Gasteiger partial charge in [-0.15, -0.1) is 11.3 Å². The Balaban J connectivity index is 1.72. The van der Waals surface area contributed by atoms with Gasteiger partial charge in [0.1, 0.15) is 16.7 Å². The molecule has 3 aromatic carbocycles. The van der Waals surface area contributed by atoms with Crippen LogP contribution < -0.4 is 0 Å². The number of benzene rings is 3. The van der Waals surface area contributed by atoms with Crippen LogP contribution >= 0.6 is 11.3 Å². The molecular weight excluding hydrogens is 388 g/mol. The van der Waals surface area contributed by atoms with Crippen LogP contribution in [-0.2, 0) is 5.41 Å². The van der Waals surface area contributed by atoms with Crippen LogP contribution in [-0.4, -0.2) is 9.97 Å². The molecule has 0 atom stereocenters. The van der Waals surface area contributed by atoms with E-state index in [2.05, 4.69) is 74.3 Å². The Labute approximate surface area is 178 Å². The third kappa shape index (κ3) is 2.57. The predicted octanol–water partition coefficient (Wildman–Crippen LogP) is 7.71. The zero-order valence-electron chi connectivity index (χ0n) is 17.1. The van der Waals surface area contributed by atoms with E-state index >= 15 is 0 Å². The summed E-state index contributed by atoms with van der Waals surface area (Å²) in [6.45, 7) is 6.80. The first-order chi connectivity index (χ1) is 14.5. The number of hydrogen-bond acceptors (Lipinski definition) is 4. The van der Waals surface area contributed by atoms with E-state index in [1.54, 1.807) is 23.9 Å². The Kier molecular flexibility index (Phi) is 3.60. The van der Waals surface area contributed by atoms with E-state index in [1.807, 2.05) is 6.07 Å². The molecule has 146 valence electrons. The minimum Gasteiger partial charge on any atom is -0.464 e. The van der Waals surface area contributed by atoms with E-state index in [9.17, 15) is 0 Å². The van der Waals surface area contributed by atoms with Crippen LogP contribution in [0.15, 0.2) is 71.6 Å². The standard InChI is InChI=1S/C26H20N2OS/c1-26(2,3)20-11-17(10-15-6-4-5-7-18(15)20)24-23-19-13-21-16(8-9-29-21)12-22(19)30-25(23)28-14-27-24/h4-14H,1-3H3. The topological polar surface area (TPSA) is 38.9 Å². The van der Waals surface area contributed by atoms with Crippen molar-refractivity contribution in [2.24, 2.45) is 0 Å². The molecule has 0 saturated carbocycles. The van der Waals surface area contributed by atoms with Crippen molar-refractivity contribution in [2.45, 2.75) is 26.2 Å². The second kappa shape index (κ2) is 6.13. The average molecular weight is 409 g/mol. The molecule has 0 N–H and O–H groups in total. The normalized spacial score (nSPS) is 12.5. The quantitative estimate of drug-likeness (QED) is 0.280. The summed E-state index contributed by atoms with van der Waals surface area (Å²) >= 11 is 1.71. The van der Waals surface area contributed by atoms with Gasteiger partial charge in [0.05, 0.1) is 12.0 Å². The first-order valence-corrected chi connectivity index (χ1v) is 10.9. The molecule has 4 heteroatoms. The molecule has 0 aliphatic heterocycles. The minimum absolute atomic E-state index is 0.0266. The highest BCUT2D eigenvalue weighted by Gasteiger charge is 2.20. The van der Waals surface area contributed by atoms with Crippen LogP contribution in [0.2, 0.25) is 0 Å². The van der Waals surface area contributed by atoms with Crippen molar-refractivity contribution < 1.29 is 4.42 Å². The summed E-state index contributed by atoms with van der Waals surface area (Å²) in [4.78, 5) is 10.4. The van der Waals surface area contributed by atoms with Gasteiger partial charge in [-0.2, -0.15) is 0 Å². The van der Waals surface area contributed by atoms with Gasteiger partial charge >= 0.3 is 0 Å². The lowest BCUT2D eigenvalue weighted by atomic mass is 9.82. The SMILES string of the molecule is CC(C)(C)c1cc(-c2ncnc3sc4cc5ccoc5cc4c23)cc2ccccc12. The van der Waals surface area contributed by atoms with Crippen molar-refractivity contribution in [3.8, 4) is 11.3 Å². The van der Waals surface area contributed by atoms with Crippen LogP contribution in [0.25, 0.3) is 53.3 Å². The molecule has 0 bridgehead atoms. The van der Waals surface area contributed by atoms with Gasteiger partial charge < -0.3 is 4.42 Å². The smallest absolute Gasteiger partial charge is 0.134 e. The molecule has 3 heterocycles. The number of rotatable bonds is 1. The Morgan fingerprint density at radius 2 is 1.73 bits per heavy atom. The summed E-state index contributed by atoms with van der Waals surface area (Å²) in [7, 11) is 0. The third-order valence-corrected chi connectivity index (χ3v) is 6.85. The van der Waals surface area contributed by atoms with E-state index in [0.29, 0.717) is 0 Å². The second-order valence-corrected chi connectivity index (χ2v) is 9.84. The molecule has 6 rings (SSSR count). The fourth-order valence-corrected chi connectivity index (χ4v) is 5.42. The zero-order valence-corrected chi connectivity index (χ0v) is 17.9. The monoisotopic (exact) mass is 408 g/mol. The van der Waals surface area contributed by atoms with Gasteiger partial charge in [0.15, 0.2) is 0 Å². The summed E-state index contributed by atoms with van der Waals surface area (Å²) in [5.41, 5.74) is 4.36. The lowest BCUT2D eigenvalue weighted by Gasteiger charge is -2.22. The highest BCUT2D eigenvalue weighted by atomic mass is 32.1. The summed E-state index contributed by atoms with van der Waals surface area (Å²) in [5, 5.41) is 5.90. The number of aromatic nitrogens is 2. The number of furan rings is 1. The van der Waals surface area contributed by atoms with Crippen molar-refractivity contribution >= 4 is 53.4 Å². The number of nitrogens with zero attached hydrogens (tertiary/aromatic N) is 2. The van der Waals surface area contributed by atoms with Crippen LogP contribution in [0.1, 0.15) is 26.3 Å². The van der Waals surface area contributed by atoms with Crippen molar-refractivity contribution in [1.82, 2.24) is 9.97 Å². The highest BCUT2D eigenvalue weighted by Crippen LogP contribution is 2.41. The maximum Gasteiger partial charge on any atom is 0.134 e. The number of hydrogen-bond donors (Lipinski definition) is 0. The van der Waals surface area contributed by atoms with Crippen LogP contribution in [0.3, 0.4) is 0 Å². The van der Waals surface area contributed by atoms with E-state index < -0.39 is 0 Å². The first kappa shape index (κ1) is 17.6. The Morgan fingerprint density at radius 3 is 2.60 bits per heavy atom. The molecule has 0 unspecified atom stereocenters. The average Bonchev–Trinajstić information content (AvgIpc) is 3.33. The largest absolute Gasteiger partial charge is 0.464 e. The molecule has 0 aliphatic rings. The van der Waals surface area contributed by atoms with Crippen molar-refractivity contribution in [3.05, 3.63) is 72.8 Å². The van der Waals surface area contributed by atoms with Gasteiger partial charge in [0.2, 0.25) is 0 Å². The lowest BCUT2D eigenvalue weighted by Crippen LogP contribution is -2.12. The molecule has 3 nitrogen and oxygen atoms in total. The fourth-order valence-electron chi connectivity index (χ4n) is 4.35. The summed E-state index contributed by atoms with van der Waals surface area (Å²) in [6.07, 6.45) is 3.43. The molecule has 0 saturated heterocycles. The molecule has 3 aromatic heterocycles. The number of fused-ring (bicyclic) bond motifs is 5. The molecule has 6 aromatic rings. The highest BCUT2D eigenvalue weighted by molar-refractivity contribution is 7.25. The number of thiophene rings is 1. The zero-order chi connectivity index (χ0) is 20.5. The molecule has 0 aliphatic carbocycles. The van der Waals surface area contributed by atoms with Gasteiger partial charge in [-0.05, 0) is 52.1 Å². The van der Waals surface area contributed by atoms with Gasteiger partial charge in [-0.3, -0.25) is 0 Å². The predicted molar refractivity (Wildman–Crippen MR) is 126 cm³/mol. The molecule has 0 amide bonds. The first-order valence-electron chi connectivity index (χ1n) is 10.1. The minimum atomic E-state index is 0.0266. The van der Waals surface area contributed by atoms with Gasteiger partial charge in [-0.25, -0.2) is 9.97 Å². The molecule has 0 spiro atoms. The summed E-state index contributed by atoms with van der Waals surface area (Å²) in [5.74, 6) is 0. The van der Waals surface area contributed by atoms with Gasteiger partial charge in [-0.1, -0.05) is 45.0 Å². The Bertz CT molecular complexity index is 1580. The Morgan fingerprint density at radius 1 is 0.867 bits per heavy atom. The molecule has 0 fully saturated rings. The van der Waals surface area contributed by atoms with Crippen LogP contribution in [0, 0.1) is 0 Å². The van der Waals surface area contributed by atoms with Gasteiger partial charge in [0.25, 0.3) is 0 Å². The summed E-state index contributed by atoms with van der Waals surface area (Å²) < 4.78 is 6.88. The van der Waals surface area contributed by atoms with Crippen molar-refractivity contribution in [2.75, 3.05) is 0 Å². The van der Waals surface area contributed by atoms with Crippen LogP contribution in [0.5, 0.6) is 0 Å². The van der Waals surface area contributed by atoms with E-state index in [-0.39, 0.29) is 5.41 Å². The molecule has 30 heavy (non-hydrogen) atoms. The van der Waals surface area contributed by atoms with Gasteiger partial charge in [0, 0.05) is 26.4 Å². The van der Waals surface area contributed by atoms with E-state index in [1.165, 1.54) is 21.0 Å². The van der Waals surface area contributed by atoms with Crippen LogP contribution in [0.4, 0.5) is 0 Å². The Hall–Kier alpha value is -3.24. The van der Waals surface area contributed by atoms with E-state index in [4.69, 9.17) is 9.40 Å². The second-order valence-electron chi connectivity index (χ2n) is 8.81. The summed E-state index contributed by atoms with van der Waals surface area (Å²) in [6, 6.07) is 19.5. The maximum absolute atomic E-state index is 5.68. The lowest BCUT2D eigenvalue weighted by molar-refractivity contribution is 0.596. The molecular formula is C26H20N2OS. The van der Waals surface area contributed by atoms with Crippen molar-refractivity contribution in [3.63, 3.8) is 0 Å². The molecule has 0 radical (unpaired) electrons. The van der Waals surface area contributed by atoms with Crippen molar-refractivity contribution in [1.29, 1.82) is 0 Å². The fraction of sp³-hybridized carbons (Fsp3) is 0.154. The maximum atomic E-state index is 5.68. The van der Waals surface area contributed by atoms with E-state index in [0.717, 1.165) is 37.8 Å².